The molecule has 0 saturated carbocycles. The summed E-state index contributed by atoms with van der Waals surface area (Å²) in [5, 5.41) is 10.7. The van der Waals surface area contributed by atoms with Crippen LogP contribution in [0.4, 0.5) is 0 Å². The van der Waals surface area contributed by atoms with Crippen LogP contribution < -0.4 is 11.0 Å². The minimum atomic E-state index is -0.144. The number of unbranched alkanes of at least 4 members (excludes halogenated alkanes) is 1. The maximum atomic E-state index is 11.1. The first-order valence-electron chi connectivity index (χ1n) is 6.62. The molecule has 2 N–H and O–H groups in total. The number of aromatic amines is 1. The van der Waals surface area contributed by atoms with Crippen molar-refractivity contribution in [1.82, 2.24) is 20.1 Å². The molecule has 5 nitrogen and oxygen atoms in total. The number of aromatic nitrogens is 3. The van der Waals surface area contributed by atoms with E-state index in [1.807, 2.05) is 0 Å². The van der Waals surface area contributed by atoms with Gasteiger partial charge in [-0.15, -0.1) is 5.10 Å². The maximum absolute atomic E-state index is 11.1. The number of thioether (sulfide) groups is 1. The predicted octanol–water partition coefficient (Wildman–Crippen LogP) is 1.76. The Kier molecular flexibility index (Phi) is 7.12. The summed E-state index contributed by atoms with van der Waals surface area (Å²) < 4.78 is 1.55. The fourth-order valence-corrected chi connectivity index (χ4v) is 2.59. The topological polar surface area (TPSA) is 62.7 Å². The summed E-state index contributed by atoms with van der Waals surface area (Å²) in [6.07, 6.45) is 4.76. The third kappa shape index (κ3) is 5.27. The molecule has 1 atom stereocenters. The van der Waals surface area contributed by atoms with Crippen molar-refractivity contribution in [2.45, 2.75) is 50.7 Å². The molecule has 0 aliphatic carbocycles. The van der Waals surface area contributed by atoms with Gasteiger partial charge in [0.1, 0.15) is 0 Å². The second-order valence-electron chi connectivity index (χ2n) is 4.57. The van der Waals surface area contributed by atoms with E-state index in [0.717, 1.165) is 23.9 Å². The van der Waals surface area contributed by atoms with Gasteiger partial charge in [-0.2, -0.15) is 0 Å². The molecule has 0 spiro atoms. The highest BCUT2D eigenvalue weighted by molar-refractivity contribution is 7.99. The zero-order valence-electron chi connectivity index (χ0n) is 11.5. The zero-order chi connectivity index (χ0) is 13.4. The smallest absolute Gasteiger partial charge is 0.314 e. The molecule has 1 aromatic rings. The Bertz CT molecular complexity index is 388. The van der Waals surface area contributed by atoms with Gasteiger partial charge in [0, 0.05) is 18.8 Å². The van der Waals surface area contributed by atoms with Gasteiger partial charge in [0.05, 0.1) is 0 Å². The van der Waals surface area contributed by atoms with Gasteiger partial charge in [-0.1, -0.05) is 25.1 Å². The van der Waals surface area contributed by atoms with Crippen molar-refractivity contribution in [3.05, 3.63) is 10.5 Å². The highest BCUT2D eigenvalue weighted by Crippen LogP contribution is 2.15. The van der Waals surface area contributed by atoms with Crippen LogP contribution in [0.1, 0.15) is 39.5 Å². The van der Waals surface area contributed by atoms with Crippen molar-refractivity contribution in [2.24, 2.45) is 7.05 Å². The minimum Gasteiger partial charge on any atom is -0.314 e. The number of rotatable bonds is 9. The molecule has 0 radical (unpaired) electrons. The Morgan fingerprint density at radius 1 is 1.50 bits per heavy atom. The van der Waals surface area contributed by atoms with Crippen LogP contribution in [0.15, 0.2) is 9.95 Å². The van der Waals surface area contributed by atoms with E-state index in [0.29, 0.717) is 6.04 Å². The van der Waals surface area contributed by atoms with Crippen LogP contribution in [0.2, 0.25) is 0 Å². The second-order valence-corrected chi connectivity index (χ2v) is 5.63. The van der Waals surface area contributed by atoms with E-state index >= 15 is 0 Å². The summed E-state index contributed by atoms with van der Waals surface area (Å²) >= 11 is 1.64. The van der Waals surface area contributed by atoms with E-state index < -0.39 is 0 Å². The Morgan fingerprint density at radius 3 is 2.89 bits per heavy atom. The van der Waals surface area contributed by atoms with Gasteiger partial charge in [-0.05, 0) is 32.7 Å². The number of nitrogens with one attached hydrogen (secondary N) is 2. The lowest BCUT2D eigenvalue weighted by molar-refractivity contribution is 0.496. The van der Waals surface area contributed by atoms with Crippen molar-refractivity contribution in [2.75, 3.05) is 12.3 Å². The van der Waals surface area contributed by atoms with Crippen LogP contribution in [0.5, 0.6) is 0 Å². The molecule has 18 heavy (non-hydrogen) atoms. The fraction of sp³-hybridized carbons (Fsp3) is 0.833. The summed E-state index contributed by atoms with van der Waals surface area (Å²) in [7, 11) is 1.74. The third-order valence-corrected chi connectivity index (χ3v) is 3.96. The molecule has 1 unspecified atom stereocenters. The molecule has 1 aromatic heterocycles. The first-order chi connectivity index (χ1) is 8.65. The van der Waals surface area contributed by atoms with Crippen LogP contribution in [0, 0.1) is 0 Å². The zero-order valence-corrected chi connectivity index (χ0v) is 12.3. The van der Waals surface area contributed by atoms with Crippen LogP contribution in [0.3, 0.4) is 0 Å². The van der Waals surface area contributed by atoms with Crippen LogP contribution >= 0.6 is 11.8 Å². The molecule has 0 fully saturated rings. The van der Waals surface area contributed by atoms with Gasteiger partial charge in [0.2, 0.25) is 0 Å². The monoisotopic (exact) mass is 272 g/mol. The van der Waals surface area contributed by atoms with Crippen molar-refractivity contribution in [1.29, 1.82) is 0 Å². The van der Waals surface area contributed by atoms with Gasteiger partial charge in [0.15, 0.2) is 5.16 Å². The summed E-state index contributed by atoms with van der Waals surface area (Å²) in [5.41, 5.74) is -0.144. The Labute approximate surface area is 113 Å². The first-order valence-corrected chi connectivity index (χ1v) is 7.61. The molecule has 0 bridgehead atoms. The Hall–Kier alpha value is -0.750. The molecule has 1 rings (SSSR count). The SMILES string of the molecule is CCCNC(C)CCCCSc1n[nH]c(=O)n1C. The van der Waals surface area contributed by atoms with Crippen LogP contribution in [-0.2, 0) is 7.05 Å². The van der Waals surface area contributed by atoms with Gasteiger partial charge in [0.25, 0.3) is 0 Å². The Balaban J connectivity index is 2.08. The van der Waals surface area contributed by atoms with E-state index in [-0.39, 0.29) is 5.69 Å². The molecule has 0 saturated heterocycles. The fourth-order valence-electron chi connectivity index (χ4n) is 1.67. The lowest BCUT2D eigenvalue weighted by Crippen LogP contribution is -2.26. The Morgan fingerprint density at radius 2 is 2.28 bits per heavy atom. The average Bonchev–Trinajstić information content (AvgIpc) is 2.67. The van der Waals surface area contributed by atoms with Gasteiger partial charge in [-0.3, -0.25) is 4.57 Å². The quantitative estimate of drug-likeness (QED) is 0.531. The van der Waals surface area contributed by atoms with Crippen molar-refractivity contribution < 1.29 is 0 Å². The van der Waals surface area contributed by atoms with E-state index in [1.165, 1.54) is 19.3 Å². The summed E-state index contributed by atoms with van der Waals surface area (Å²) in [5.74, 6) is 1.01. The standard InChI is InChI=1S/C12H24N4OS/c1-4-8-13-10(2)7-5-6-9-18-12-15-14-11(17)16(12)3/h10,13H,4-9H2,1-3H3,(H,14,17). The maximum Gasteiger partial charge on any atom is 0.343 e. The average molecular weight is 272 g/mol. The van der Waals surface area contributed by atoms with Crippen molar-refractivity contribution in [3.63, 3.8) is 0 Å². The molecule has 104 valence electrons. The van der Waals surface area contributed by atoms with Gasteiger partial charge >= 0.3 is 5.69 Å². The molecular formula is C12H24N4OS. The normalized spacial score (nSPS) is 12.8. The summed E-state index contributed by atoms with van der Waals surface area (Å²) in [6.45, 7) is 5.52. The van der Waals surface area contributed by atoms with Crippen molar-refractivity contribution in [3.8, 4) is 0 Å². The molecule has 0 aliphatic heterocycles. The van der Waals surface area contributed by atoms with Gasteiger partial charge in [-0.25, -0.2) is 9.89 Å². The lowest BCUT2D eigenvalue weighted by atomic mass is 10.1. The number of H-pyrrole nitrogens is 1. The molecule has 0 amide bonds. The minimum absolute atomic E-state index is 0.144. The van der Waals surface area contributed by atoms with E-state index in [4.69, 9.17) is 0 Å². The number of nitrogens with zero attached hydrogens (tertiary/aromatic N) is 2. The number of hydrogen-bond acceptors (Lipinski definition) is 4. The lowest BCUT2D eigenvalue weighted by Gasteiger charge is -2.12. The highest BCUT2D eigenvalue weighted by Gasteiger charge is 2.04. The molecular weight excluding hydrogens is 248 g/mol. The van der Waals surface area contributed by atoms with Crippen LogP contribution in [-0.4, -0.2) is 33.1 Å². The predicted molar refractivity (Wildman–Crippen MR) is 76.2 cm³/mol. The highest BCUT2D eigenvalue weighted by atomic mass is 32.2. The van der Waals surface area contributed by atoms with Crippen molar-refractivity contribution >= 4 is 11.8 Å². The summed E-state index contributed by atoms with van der Waals surface area (Å²) in [6, 6.07) is 0.602. The molecule has 0 aliphatic rings. The molecule has 1 heterocycles. The van der Waals surface area contributed by atoms with Crippen LogP contribution in [0.25, 0.3) is 0 Å². The number of hydrogen-bond donors (Lipinski definition) is 2. The largest absolute Gasteiger partial charge is 0.343 e. The van der Waals surface area contributed by atoms with E-state index in [9.17, 15) is 4.79 Å². The van der Waals surface area contributed by atoms with E-state index in [2.05, 4.69) is 29.4 Å². The third-order valence-electron chi connectivity index (χ3n) is 2.84. The van der Waals surface area contributed by atoms with Gasteiger partial charge < -0.3 is 5.32 Å². The van der Waals surface area contributed by atoms with E-state index in [1.54, 1.807) is 23.4 Å². The summed E-state index contributed by atoms with van der Waals surface area (Å²) in [4.78, 5) is 11.1. The molecule has 0 aromatic carbocycles. The first kappa shape index (κ1) is 15.3. The molecule has 6 heteroatoms. The second kappa shape index (κ2) is 8.37.